The Balaban J connectivity index is 2.00. The molecule has 2 aromatic carbocycles. The largest absolute Gasteiger partial charge is 0.493 e. The highest BCUT2D eigenvalue weighted by molar-refractivity contribution is 6.35. The predicted molar refractivity (Wildman–Crippen MR) is 86.6 cm³/mol. The van der Waals surface area contributed by atoms with E-state index in [1.807, 2.05) is 36.4 Å². The van der Waals surface area contributed by atoms with E-state index < -0.39 is 0 Å². The van der Waals surface area contributed by atoms with Gasteiger partial charge in [0.1, 0.15) is 0 Å². The minimum atomic E-state index is 0.604. The fraction of sp³-hybridized carbons (Fsp3) is 0.250. The Morgan fingerprint density at radius 3 is 2.19 bits per heavy atom. The number of ether oxygens (including phenoxy) is 2. The molecular weight excluding hydrogens is 309 g/mol. The maximum absolute atomic E-state index is 6.14. The van der Waals surface area contributed by atoms with E-state index in [9.17, 15) is 0 Å². The van der Waals surface area contributed by atoms with Gasteiger partial charge in [0.05, 0.1) is 14.2 Å². The fourth-order valence-corrected chi connectivity index (χ4v) is 2.55. The first-order chi connectivity index (χ1) is 10.2. The maximum Gasteiger partial charge on any atom is 0.161 e. The molecule has 0 amide bonds. The zero-order valence-corrected chi connectivity index (χ0v) is 13.5. The molecular formula is C16H17Cl2NO2. The van der Waals surface area contributed by atoms with Crippen molar-refractivity contribution >= 4 is 23.2 Å². The van der Waals surface area contributed by atoms with E-state index >= 15 is 0 Å². The highest BCUT2D eigenvalue weighted by atomic mass is 35.5. The molecule has 0 radical (unpaired) electrons. The van der Waals surface area contributed by atoms with Crippen molar-refractivity contribution in [3.05, 3.63) is 57.6 Å². The lowest BCUT2D eigenvalue weighted by Crippen LogP contribution is -2.13. The number of hydrogen-bond donors (Lipinski definition) is 1. The van der Waals surface area contributed by atoms with E-state index in [1.165, 1.54) is 0 Å². The molecule has 0 spiro atoms. The van der Waals surface area contributed by atoms with Crippen LogP contribution in [-0.2, 0) is 13.1 Å². The molecule has 0 saturated carbocycles. The molecule has 0 heterocycles. The number of methoxy groups -OCH3 is 2. The van der Waals surface area contributed by atoms with Crippen LogP contribution in [0.5, 0.6) is 11.5 Å². The van der Waals surface area contributed by atoms with Gasteiger partial charge in [0.15, 0.2) is 11.5 Å². The molecule has 0 saturated heterocycles. The molecule has 0 bridgehead atoms. The molecule has 5 heteroatoms. The first kappa shape index (κ1) is 16.0. The van der Waals surface area contributed by atoms with Crippen molar-refractivity contribution < 1.29 is 9.47 Å². The van der Waals surface area contributed by atoms with Gasteiger partial charge in [-0.3, -0.25) is 0 Å². The summed E-state index contributed by atoms with van der Waals surface area (Å²) in [6.45, 7) is 1.29. The van der Waals surface area contributed by atoms with Crippen LogP contribution in [0.4, 0.5) is 0 Å². The molecule has 112 valence electrons. The van der Waals surface area contributed by atoms with Crippen molar-refractivity contribution in [3.63, 3.8) is 0 Å². The second-order valence-electron chi connectivity index (χ2n) is 4.49. The number of hydrogen-bond acceptors (Lipinski definition) is 3. The molecule has 0 aliphatic heterocycles. The smallest absolute Gasteiger partial charge is 0.161 e. The van der Waals surface area contributed by atoms with Crippen LogP contribution in [0.1, 0.15) is 11.1 Å². The lowest BCUT2D eigenvalue weighted by molar-refractivity contribution is 0.354. The summed E-state index contributed by atoms with van der Waals surface area (Å²) < 4.78 is 10.5. The standard InChI is InChI=1S/C16H17Cl2NO2/c1-20-15-7-6-11(8-16(15)21-2)9-19-10-12-13(17)4-3-5-14(12)18/h3-8,19H,9-10H2,1-2H3. The minimum Gasteiger partial charge on any atom is -0.493 e. The molecule has 1 N–H and O–H groups in total. The third kappa shape index (κ3) is 4.03. The van der Waals surface area contributed by atoms with E-state index in [2.05, 4.69) is 5.32 Å². The Hall–Kier alpha value is -1.42. The highest BCUT2D eigenvalue weighted by Gasteiger charge is 2.06. The Kier molecular flexibility index (Phi) is 5.74. The second kappa shape index (κ2) is 7.55. The van der Waals surface area contributed by atoms with Crippen LogP contribution in [0.2, 0.25) is 10.0 Å². The molecule has 21 heavy (non-hydrogen) atoms. The SMILES string of the molecule is COc1ccc(CNCc2c(Cl)cccc2Cl)cc1OC. The van der Waals surface area contributed by atoms with E-state index in [-0.39, 0.29) is 0 Å². The number of rotatable bonds is 6. The average molecular weight is 326 g/mol. The van der Waals surface area contributed by atoms with Crippen LogP contribution in [0.25, 0.3) is 0 Å². The van der Waals surface area contributed by atoms with Crippen LogP contribution >= 0.6 is 23.2 Å². The molecule has 0 fully saturated rings. The van der Waals surface area contributed by atoms with Crippen molar-refractivity contribution in [3.8, 4) is 11.5 Å². The van der Waals surface area contributed by atoms with Gasteiger partial charge in [-0.2, -0.15) is 0 Å². The van der Waals surface area contributed by atoms with Gasteiger partial charge in [0, 0.05) is 28.7 Å². The summed E-state index contributed by atoms with van der Waals surface area (Å²) in [6, 6.07) is 11.3. The fourth-order valence-electron chi connectivity index (χ4n) is 2.02. The summed E-state index contributed by atoms with van der Waals surface area (Å²) in [4.78, 5) is 0. The van der Waals surface area contributed by atoms with Crippen LogP contribution in [0.15, 0.2) is 36.4 Å². The van der Waals surface area contributed by atoms with E-state index in [0.717, 1.165) is 16.9 Å². The van der Waals surface area contributed by atoms with Crippen LogP contribution in [0.3, 0.4) is 0 Å². The van der Waals surface area contributed by atoms with Gasteiger partial charge < -0.3 is 14.8 Å². The van der Waals surface area contributed by atoms with Gasteiger partial charge in [0.25, 0.3) is 0 Å². The summed E-state index contributed by atoms with van der Waals surface area (Å²) >= 11 is 12.3. The normalized spacial score (nSPS) is 10.5. The maximum atomic E-state index is 6.14. The lowest BCUT2D eigenvalue weighted by atomic mass is 10.2. The quantitative estimate of drug-likeness (QED) is 0.858. The van der Waals surface area contributed by atoms with Gasteiger partial charge in [0.2, 0.25) is 0 Å². The topological polar surface area (TPSA) is 30.5 Å². The highest BCUT2D eigenvalue weighted by Crippen LogP contribution is 2.28. The van der Waals surface area contributed by atoms with E-state index in [4.69, 9.17) is 32.7 Å². The molecule has 2 aromatic rings. The van der Waals surface area contributed by atoms with Crippen molar-refractivity contribution in [1.29, 1.82) is 0 Å². The van der Waals surface area contributed by atoms with Crippen LogP contribution < -0.4 is 14.8 Å². The summed E-state index contributed by atoms with van der Waals surface area (Å²) in [5.41, 5.74) is 2.00. The molecule has 0 aliphatic carbocycles. The molecule has 0 aliphatic rings. The minimum absolute atomic E-state index is 0.604. The zero-order chi connectivity index (χ0) is 15.2. The van der Waals surface area contributed by atoms with Crippen molar-refractivity contribution in [2.45, 2.75) is 13.1 Å². The van der Waals surface area contributed by atoms with Crippen LogP contribution in [-0.4, -0.2) is 14.2 Å². The van der Waals surface area contributed by atoms with Crippen molar-refractivity contribution in [1.82, 2.24) is 5.32 Å². The number of halogens is 2. The average Bonchev–Trinajstić information content (AvgIpc) is 2.50. The van der Waals surface area contributed by atoms with Crippen molar-refractivity contribution in [2.24, 2.45) is 0 Å². The van der Waals surface area contributed by atoms with Gasteiger partial charge >= 0.3 is 0 Å². The summed E-state index contributed by atoms with van der Waals surface area (Å²) in [7, 11) is 3.24. The first-order valence-electron chi connectivity index (χ1n) is 6.50. The Morgan fingerprint density at radius 2 is 1.57 bits per heavy atom. The van der Waals surface area contributed by atoms with Crippen LogP contribution in [0, 0.1) is 0 Å². The third-order valence-electron chi connectivity index (χ3n) is 3.14. The summed E-state index contributed by atoms with van der Waals surface area (Å²) in [6.07, 6.45) is 0. The second-order valence-corrected chi connectivity index (χ2v) is 5.31. The molecule has 0 unspecified atom stereocenters. The summed E-state index contributed by atoms with van der Waals surface area (Å²) in [5.74, 6) is 1.43. The zero-order valence-electron chi connectivity index (χ0n) is 12.0. The van der Waals surface area contributed by atoms with Gasteiger partial charge in [-0.25, -0.2) is 0 Å². The van der Waals surface area contributed by atoms with Gasteiger partial charge in [-0.05, 0) is 29.8 Å². The lowest BCUT2D eigenvalue weighted by Gasteiger charge is -2.11. The van der Waals surface area contributed by atoms with E-state index in [0.29, 0.717) is 28.9 Å². The molecule has 0 aromatic heterocycles. The first-order valence-corrected chi connectivity index (χ1v) is 7.25. The van der Waals surface area contributed by atoms with E-state index in [1.54, 1.807) is 14.2 Å². The van der Waals surface area contributed by atoms with Gasteiger partial charge in [-0.15, -0.1) is 0 Å². The van der Waals surface area contributed by atoms with Gasteiger partial charge in [-0.1, -0.05) is 35.3 Å². The number of benzene rings is 2. The molecule has 2 rings (SSSR count). The van der Waals surface area contributed by atoms with Crippen molar-refractivity contribution in [2.75, 3.05) is 14.2 Å². The monoisotopic (exact) mass is 325 g/mol. The molecule has 3 nitrogen and oxygen atoms in total. The summed E-state index contributed by atoms with van der Waals surface area (Å²) in [5, 5.41) is 4.66. The third-order valence-corrected chi connectivity index (χ3v) is 3.85. The Morgan fingerprint density at radius 1 is 0.905 bits per heavy atom. The predicted octanol–water partition coefficient (Wildman–Crippen LogP) is 4.30. The Labute approximate surface area is 134 Å². The Bertz CT molecular complexity index is 597. The number of nitrogens with one attached hydrogen (secondary N) is 1. The molecule has 0 atom stereocenters.